The Labute approximate surface area is 187 Å². The standard InChI is InChI=1S/C26H24N4O2/c1-32-24-13-7-20(8-14-24)15-27-25(31)22-11-9-21(10-12-22)23-17-29-26(30-18-23)28-16-19-5-3-2-4-6-19/h2-14,17-18H,15-16H2,1H3,(H,27,31)(H,28,29,30). The molecular formula is C26H24N4O2. The molecular weight excluding hydrogens is 400 g/mol. The molecule has 4 aromatic rings. The Hall–Kier alpha value is -4.19. The summed E-state index contributed by atoms with van der Waals surface area (Å²) in [6.07, 6.45) is 3.55. The van der Waals surface area contributed by atoms with Crippen LogP contribution in [0.25, 0.3) is 11.1 Å². The van der Waals surface area contributed by atoms with Crippen LogP contribution in [0.5, 0.6) is 5.75 Å². The summed E-state index contributed by atoms with van der Waals surface area (Å²) in [6, 6.07) is 25.1. The van der Waals surface area contributed by atoms with Gasteiger partial charge < -0.3 is 15.4 Å². The number of hydrogen-bond acceptors (Lipinski definition) is 5. The number of hydrogen-bond donors (Lipinski definition) is 2. The molecule has 0 saturated carbocycles. The first kappa shape index (κ1) is 21.1. The predicted octanol–water partition coefficient (Wildman–Crippen LogP) is 4.69. The van der Waals surface area contributed by atoms with Gasteiger partial charge >= 0.3 is 0 Å². The van der Waals surface area contributed by atoms with Gasteiger partial charge in [0.1, 0.15) is 5.75 Å². The second-order valence-corrected chi connectivity index (χ2v) is 7.24. The van der Waals surface area contributed by atoms with Crippen LogP contribution >= 0.6 is 0 Å². The molecule has 0 radical (unpaired) electrons. The van der Waals surface area contributed by atoms with Gasteiger partial charge in [-0.15, -0.1) is 0 Å². The van der Waals surface area contributed by atoms with E-state index in [1.807, 2.05) is 54.6 Å². The van der Waals surface area contributed by atoms with Crippen molar-refractivity contribution < 1.29 is 9.53 Å². The van der Waals surface area contributed by atoms with E-state index in [0.717, 1.165) is 22.4 Å². The number of anilines is 1. The van der Waals surface area contributed by atoms with Gasteiger partial charge in [-0.05, 0) is 41.0 Å². The van der Waals surface area contributed by atoms with Crippen molar-refractivity contribution in [3.05, 3.63) is 108 Å². The summed E-state index contributed by atoms with van der Waals surface area (Å²) in [5.74, 6) is 1.25. The maximum Gasteiger partial charge on any atom is 0.251 e. The number of carbonyl (C=O) groups is 1. The van der Waals surface area contributed by atoms with Crippen LogP contribution in [0.15, 0.2) is 91.3 Å². The van der Waals surface area contributed by atoms with E-state index in [4.69, 9.17) is 4.74 Å². The molecule has 1 heterocycles. The van der Waals surface area contributed by atoms with Crippen LogP contribution in [0.2, 0.25) is 0 Å². The summed E-state index contributed by atoms with van der Waals surface area (Å²) in [5.41, 5.74) is 4.62. The van der Waals surface area contributed by atoms with Crippen molar-refractivity contribution in [1.29, 1.82) is 0 Å². The van der Waals surface area contributed by atoms with Crippen molar-refractivity contribution in [1.82, 2.24) is 15.3 Å². The summed E-state index contributed by atoms with van der Waals surface area (Å²) >= 11 is 0. The van der Waals surface area contributed by atoms with Crippen molar-refractivity contribution in [2.24, 2.45) is 0 Å². The number of nitrogens with one attached hydrogen (secondary N) is 2. The molecule has 0 aliphatic carbocycles. The van der Waals surface area contributed by atoms with Crippen LogP contribution < -0.4 is 15.4 Å². The molecule has 0 saturated heterocycles. The third-order valence-electron chi connectivity index (χ3n) is 5.04. The lowest BCUT2D eigenvalue weighted by atomic mass is 10.1. The van der Waals surface area contributed by atoms with Gasteiger partial charge in [-0.1, -0.05) is 54.6 Å². The molecule has 0 aliphatic heterocycles. The third kappa shape index (κ3) is 5.49. The minimum absolute atomic E-state index is 0.121. The summed E-state index contributed by atoms with van der Waals surface area (Å²) < 4.78 is 5.15. The molecule has 3 aromatic carbocycles. The smallest absolute Gasteiger partial charge is 0.251 e. The minimum atomic E-state index is -0.121. The van der Waals surface area contributed by atoms with Crippen LogP contribution in [0, 0.1) is 0 Å². The van der Waals surface area contributed by atoms with Crippen molar-refractivity contribution >= 4 is 11.9 Å². The van der Waals surface area contributed by atoms with E-state index in [2.05, 4.69) is 32.7 Å². The number of amides is 1. The Kier molecular flexibility index (Phi) is 6.72. The molecule has 0 bridgehead atoms. The molecule has 2 N–H and O–H groups in total. The molecule has 0 atom stereocenters. The molecule has 0 spiro atoms. The highest BCUT2D eigenvalue weighted by molar-refractivity contribution is 5.94. The first-order chi connectivity index (χ1) is 15.7. The molecule has 1 amide bonds. The Bertz CT molecular complexity index is 1140. The first-order valence-corrected chi connectivity index (χ1v) is 10.3. The van der Waals surface area contributed by atoms with Gasteiger partial charge in [-0.3, -0.25) is 4.79 Å². The number of nitrogens with zero attached hydrogens (tertiary/aromatic N) is 2. The summed E-state index contributed by atoms with van der Waals surface area (Å²) in [5, 5.41) is 6.15. The molecule has 0 fully saturated rings. The summed E-state index contributed by atoms with van der Waals surface area (Å²) in [4.78, 5) is 21.2. The SMILES string of the molecule is COc1ccc(CNC(=O)c2ccc(-c3cnc(NCc4ccccc4)nc3)cc2)cc1. The van der Waals surface area contributed by atoms with Crippen molar-refractivity contribution in [3.63, 3.8) is 0 Å². The van der Waals surface area contributed by atoms with Gasteiger partial charge in [0.25, 0.3) is 5.91 Å². The number of benzene rings is 3. The van der Waals surface area contributed by atoms with Crippen molar-refractivity contribution in [3.8, 4) is 16.9 Å². The lowest BCUT2D eigenvalue weighted by Crippen LogP contribution is -2.22. The van der Waals surface area contributed by atoms with Crippen molar-refractivity contribution in [2.75, 3.05) is 12.4 Å². The Morgan fingerprint density at radius 1 is 0.781 bits per heavy atom. The average Bonchev–Trinajstić information content (AvgIpc) is 2.87. The first-order valence-electron chi connectivity index (χ1n) is 10.3. The molecule has 32 heavy (non-hydrogen) atoms. The van der Waals surface area contributed by atoms with E-state index in [1.165, 1.54) is 5.56 Å². The molecule has 6 heteroatoms. The lowest BCUT2D eigenvalue weighted by Gasteiger charge is -2.08. The zero-order valence-corrected chi connectivity index (χ0v) is 17.8. The highest BCUT2D eigenvalue weighted by Crippen LogP contribution is 2.19. The van der Waals surface area contributed by atoms with Crippen LogP contribution in [0.1, 0.15) is 21.5 Å². The number of aromatic nitrogens is 2. The Morgan fingerprint density at radius 3 is 2.09 bits per heavy atom. The van der Waals surface area contributed by atoms with Gasteiger partial charge in [0, 0.05) is 36.6 Å². The number of ether oxygens (including phenoxy) is 1. The predicted molar refractivity (Wildman–Crippen MR) is 125 cm³/mol. The molecule has 4 rings (SSSR count). The van der Waals surface area contributed by atoms with Crippen LogP contribution in [0.4, 0.5) is 5.95 Å². The number of methoxy groups -OCH3 is 1. The fourth-order valence-electron chi connectivity index (χ4n) is 3.19. The van der Waals surface area contributed by atoms with E-state index in [1.54, 1.807) is 31.6 Å². The molecule has 0 unspecified atom stereocenters. The topological polar surface area (TPSA) is 76.1 Å². The second-order valence-electron chi connectivity index (χ2n) is 7.24. The normalized spacial score (nSPS) is 10.4. The third-order valence-corrected chi connectivity index (χ3v) is 5.04. The monoisotopic (exact) mass is 424 g/mol. The maximum absolute atomic E-state index is 12.5. The number of rotatable bonds is 8. The zero-order valence-electron chi connectivity index (χ0n) is 17.8. The zero-order chi connectivity index (χ0) is 22.2. The van der Waals surface area contributed by atoms with Crippen LogP contribution in [-0.2, 0) is 13.1 Å². The summed E-state index contributed by atoms with van der Waals surface area (Å²) in [7, 11) is 1.63. The average molecular weight is 425 g/mol. The van der Waals surface area contributed by atoms with Crippen LogP contribution in [-0.4, -0.2) is 23.0 Å². The van der Waals surface area contributed by atoms with E-state index in [9.17, 15) is 4.79 Å². The van der Waals surface area contributed by atoms with E-state index >= 15 is 0 Å². The fourth-order valence-corrected chi connectivity index (χ4v) is 3.19. The van der Waals surface area contributed by atoms with E-state index in [0.29, 0.717) is 24.6 Å². The number of carbonyl (C=O) groups excluding carboxylic acids is 1. The van der Waals surface area contributed by atoms with Gasteiger partial charge in [-0.2, -0.15) is 0 Å². The quantitative estimate of drug-likeness (QED) is 0.429. The van der Waals surface area contributed by atoms with Crippen LogP contribution in [0.3, 0.4) is 0 Å². The molecule has 6 nitrogen and oxygen atoms in total. The minimum Gasteiger partial charge on any atom is -0.497 e. The van der Waals surface area contributed by atoms with Gasteiger partial charge in [0.2, 0.25) is 5.95 Å². The van der Waals surface area contributed by atoms with Gasteiger partial charge in [0.05, 0.1) is 7.11 Å². The molecule has 160 valence electrons. The Morgan fingerprint density at radius 2 is 1.44 bits per heavy atom. The second kappa shape index (κ2) is 10.2. The van der Waals surface area contributed by atoms with E-state index in [-0.39, 0.29) is 5.91 Å². The molecule has 0 aliphatic rings. The fraction of sp³-hybridized carbons (Fsp3) is 0.115. The molecule has 1 aromatic heterocycles. The van der Waals surface area contributed by atoms with Gasteiger partial charge in [-0.25, -0.2) is 9.97 Å². The highest BCUT2D eigenvalue weighted by atomic mass is 16.5. The van der Waals surface area contributed by atoms with Crippen molar-refractivity contribution in [2.45, 2.75) is 13.1 Å². The van der Waals surface area contributed by atoms with Gasteiger partial charge in [0.15, 0.2) is 0 Å². The maximum atomic E-state index is 12.5. The largest absolute Gasteiger partial charge is 0.497 e. The van der Waals surface area contributed by atoms with E-state index < -0.39 is 0 Å². The summed E-state index contributed by atoms with van der Waals surface area (Å²) in [6.45, 7) is 1.12. The highest BCUT2D eigenvalue weighted by Gasteiger charge is 2.07. The Balaban J connectivity index is 1.32. The lowest BCUT2D eigenvalue weighted by molar-refractivity contribution is 0.0951.